The number of fused-ring (bicyclic) bond motifs is 1. The third kappa shape index (κ3) is 1.99. The number of rotatable bonds is 1. The monoisotopic (exact) mass is 268 g/mol. The van der Waals surface area contributed by atoms with Gasteiger partial charge in [-0.3, -0.25) is 0 Å². The molecule has 0 aliphatic carbocycles. The van der Waals surface area contributed by atoms with Crippen LogP contribution in [0, 0.1) is 18.3 Å². The summed E-state index contributed by atoms with van der Waals surface area (Å²) in [4.78, 5) is 0. The zero-order valence-corrected chi connectivity index (χ0v) is 11.3. The first-order valence-corrected chi connectivity index (χ1v) is 6.67. The molecule has 0 spiro atoms. The molecule has 0 saturated carbocycles. The van der Waals surface area contributed by atoms with Gasteiger partial charge in [-0.25, -0.2) is 4.68 Å². The van der Waals surface area contributed by atoms with Crippen LogP contribution >= 0.6 is 0 Å². The molecule has 1 aromatic heterocycles. The third-order valence-electron chi connectivity index (χ3n) is 3.65. The van der Waals surface area contributed by atoms with E-state index < -0.39 is 0 Å². The van der Waals surface area contributed by atoms with Gasteiger partial charge in [0.2, 0.25) is 0 Å². The summed E-state index contributed by atoms with van der Waals surface area (Å²) in [6.45, 7) is 2.74. The summed E-state index contributed by atoms with van der Waals surface area (Å²) >= 11 is 0. The second-order valence-electron chi connectivity index (χ2n) is 5.05. The van der Waals surface area contributed by atoms with Crippen molar-refractivity contribution in [3.05, 3.63) is 41.1 Å². The van der Waals surface area contributed by atoms with Crippen molar-refractivity contribution >= 4 is 5.82 Å². The maximum Gasteiger partial charge on any atom is 0.140 e. The topological polar surface area (TPSA) is 76.9 Å². The van der Waals surface area contributed by atoms with Crippen molar-refractivity contribution in [1.29, 1.82) is 5.26 Å². The minimum atomic E-state index is 0.0227. The maximum absolute atomic E-state index is 9.02. The van der Waals surface area contributed by atoms with E-state index in [1.54, 1.807) is 4.68 Å². The fraction of sp³-hybridized carbons (Fsp3) is 0.333. The van der Waals surface area contributed by atoms with Gasteiger partial charge in [0.25, 0.3) is 0 Å². The zero-order valence-electron chi connectivity index (χ0n) is 11.3. The minimum Gasteiger partial charge on any atom is -0.493 e. The molecule has 102 valence electrons. The van der Waals surface area contributed by atoms with Gasteiger partial charge in [0.15, 0.2) is 0 Å². The summed E-state index contributed by atoms with van der Waals surface area (Å²) < 4.78 is 7.52. The van der Waals surface area contributed by atoms with Gasteiger partial charge in [-0.05, 0) is 25.8 Å². The molecule has 0 fully saturated rings. The van der Waals surface area contributed by atoms with E-state index in [1.165, 1.54) is 11.8 Å². The average Bonchev–Trinajstić information content (AvgIpc) is 2.69. The smallest absolute Gasteiger partial charge is 0.140 e. The average molecular weight is 268 g/mol. The van der Waals surface area contributed by atoms with E-state index in [0.29, 0.717) is 18.0 Å². The van der Waals surface area contributed by atoms with Crippen LogP contribution in [0.15, 0.2) is 24.4 Å². The van der Waals surface area contributed by atoms with Crippen LogP contribution in [0.5, 0.6) is 5.75 Å². The van der Waals surface area contributed by atoms with Crippen LogP contribution in [0.4, 0.5) is 5.82 Å². The van der Waals surface area contributed by atoms with E-state index in [-0.39, 0.29) is 6.04 Å². The zero-order chi connectivity index (χ0) is 14.1. The predicted octanol–water partition coefficient (Wildman–Crippen LogP) is 2.41. The normalized spacial score (nSPS) is 17.7. The number of nitrogens with zero attached hydrogens (tertiary/aromatic N) is 3. The van der Waals surface area contributed by atoms with Crippen LogP contribution in [0.1, 0.15) is 35.6 Å². The highest BCUT2D eigenvalue weighted by Crippen LogP contribution is 2.36. The van der Waals surface area contributed by atoms with Gasteiger partial charge in [-0.2, -0.15) is 10.4 Å². The Hall–Kier alpha value is -2.48. The number of nitrogens with two attached hydrogens (primary N) is 1. The van der Waals surface area contributed by atoms with Crippen molar-refractivity contribution < 1.29 is 4.74 Å². The first kappa shape index (κ1) is 12.5. The molecule has 2 heterocycles. The van der Waals surface area contributed by atoms with Gasteiger partial charge in [-0.15, -0.1) is 0 Å². The quantitative estimate of drug-likeness (QED) is 0.861. The summed E-state index contributed by atoms with van der Waals surface area (Å²) in [7, 11) is 0. The molecular formula is C15H16N4O. The highest BCUT2D eigenvalue weighted by atomic mass is 16.5. The van der Waals surface area contributed by atoms with Crippen molar-refractivity contribution in [2.24, 2.45) is 0 Å². The number of nitriles is 1. The Labute approximate surface area is 117 Å². The first-order chi connectivity index (χ1) is 9.70. The van der Waals surface area contributed by atoms with Crippen LogP contribution in [-0.2, 0) is 0 Å². The van der Waals surface area contributed by atoms with Gasteiger partial charge in [0, 0.05) is 5.56 Å². The van der Waals surface area contributed by atoms with Crippen LogP contribution in [0.3, 0.4) is 0 Å². The molecule has 2 N–H and O–H groups in total. The first-order valence-electron chi connectivity index (χ1n) is 6.67. The molecule has 2 aromatic rings. The molecular weight excluding hydrogens is 252 g/mol. The Balaban J connectivity index is 2.12. The Morgan fingerprint density at radius 3 is 3.10 bits per heavy atom. The summed E-state index contributed by atoms with van der Waals surface area (Å²) in [6, 6.07) is 8.23. The van der Waals surface area contributed by atoms with Crippen LogP contribution in [0.25, 0.3) is 0 Å². The molecule has 3 rings (SSSR count). The Morgan fingerprint density at radius 2 is 2.35 bits per heavy atom. The molecule has 1 aromatic carbocycles. The summed E-state index contributed by atoms with van der Waals surface area (Å²) in [5.41, 5.74) is 8.71. The van der Waals surface area contributed by atoms with Crippen molar-refractivity contribution in [2.45, 2.75) is 25.8 Å². The molecule has 0 bridgehead atoms. The summed E-state index contributed by atoms with van der Waals surface area (Å²) in [6.07, 6.45) is 3.35. The van der Waals surface area contributed by atoms with Gasteiger partial charge in [0.1, 0.15) is 23.2 Å². The highest BCUT2D eigenvalue weighted by Gasteiger charge is 2.24. The van der Waals surface area contributed by atoms with Gasteiger partial charge >= 0.3 is 0 Å². The largest absolute Gasteiger partial charge is 0.493 e. The lowest BCUT2D eigenvalue weighted by atomic mass is 10.00. The molecule has 0 radical (unpaired) electrons. The van der Waals surface area contributed by atoms with Crippen molar-refractivity contribution in [1.82, 2.24) is 9.78 Å². The van der Waals surface area contributed by atoms with E-state index in [2.05, 4.69) is 24.2 Å². The van der Waals surface area contributed by atoms with E-state index in [9.17, 15) is 0 Å². The maximum atomic E-state index is 9.02. The van der Waals surface area contributed by atoms with Gasteiger partial charge in [-0.1, -0.05) is 17.7 Å². The third-order valence-corrected chi connectivity index (χ3v) is 3.65. The van der Waals surface area contributed by atoms with Crippen molar-refractivity contribution in [3.8, 4) is 11.8 Å². The molecule has 5 heteroatoms. The molecule has 1 atom stereocenters. The number of nitrogen functional groups attached to an aromatic ring is 1. The number of aromatic nitrogens is 2. The molecule has 5 nitrogen and oxygen atoms in total. The number of benzene rings is 1. The van der Waals surface area contributed by atoms with Crippen molar-refractivity contribution in [2.75, 3.05) is 12.3 Å². The molecule has 20 heavy (non-hydrogen) atoms. The number of aryl methyl sites for hydroxylation is 1. The summed E-state index contributed by atoms with van der Waals surface area (Å²) in [5.74, 6) is 1.30. The van der Waals surface area contributed by atoms with E-state index in [0.717, 1.165) is 24.2 Å². The lowest BCUT2D eigenvalue weighted by Crippen LogP contribution is -2.14. The predicted molar refractivity (Wildman–Crippen MR) is 75.4 cm³/mol. The SMILES string of the molecule is Cc1ccc2c(c1)C(n1ncc(C#N)c1N)CCCO2. The number of ether oxygens (including phenoxy) is 1. The Morgan fingerprint density at radius 1 is 1.50 bits per heavy atom. The van der Waals surface area contributed by atoms with E-state index in [1.807, 2.05) is 12.1 Å². The lowest BCUT2D eigenvalue weighted by molar-refractivity contribution is 0.315. The van der Waals surface area contributed by atoms with E-state index >= 15 is 0 Å². The summed E-state index contributed by atoms with van der Waals surface area (Å²) in [5, 5.41) is 13.3. The lowest BCUT2D eigenvalue weighted by Gasteiger charge is -2.19. The Kier molecular flexibility index (Phi) is 3.07. The highest BCUT2D eigenvalue weighted by molar-refractivity contribution is 5.49. The number of hydrogen-bond acceptors (Lipinski definition) is 4. The molecule has 1 unspecified atom stereocenters. The molecule has 0 saturated heterocycles. The standard InChI is InChI=1S/C15H16N4O/c1-10-4-5-14-12(7-10)13(3-2-6-20-14)19-15(17)11(8-16)9-18-19/h4-5,7,9,13H,2-3,6,17H2,1H3. The molecule has 0 amide bonds. The number of anilines is 1. The van der Waals surface area contributed by atoms with Gasteiger partial charge in [0.05, 0.1) is 18.8 Å². The Bertz CT molecular complexity index is 684. The second-order valence-corrected chi connectivity index (χ2v) is 5.05. The number of hydrogen-bond donors (Lipinski definition) is 1. The minimum absolute atomic E-state index is 0.0227. The molecule has 1 aliphatic rings. The van der Waals surface area contributed by atoms with Crippen LogP contribution in [-0.4, -0.2) is 16.4 Å². The van der Waals surface area contributed by atoms with Crippen LogP contribution < -0.4 is 10.5 Å². The second kappa shape index (κ2) is 4.89. The fourth-order valence-electron chi connectivity index (χ4n) is 2.63. The van der Waals surface area contributed by atoms with Gasteiger partial charge < -0.3 is 10.5 Å². The fourth-order valence-corrected chi connectivity index (χ4v) is 2.63. The van der Waals surface area contributed by atoms with Crippen molar-refractivity contribution in [3.63, 3.8) is 0 Å². The van der Waals surface area contributed by atoms with E-state index in [4.69, 9.17) is 15.7 Å². The van der Waals surface area contributed by atoms with Crippen LogP contribution in [0.2, 0.25) is 0 Å². The molecule has 1 aliphatic heterocycles.